The summed E-state index contributed by atoms with van der Waals surface area (Å²) in [6.07, 6.45) is -0.967. The van der Waals surface area contributed by atoms with Crippen molar-refractivity contribution in [3.8, 4) is 6.07 Å². The van der Waals surface area contributed by atoms with Gasteiger partial charge in [0.2, 0.25) is 0 Å². The molecule has 0 aliphatic rings. The number of anilines is 1. The van der Waals surface area contributed by atoms with Gasteiger partial charge in [0.25, 0.3) is 5.91 Å². The van der Waals surface area contributed by atoms with Crippen molar-refractivity contribution < 1.29 is 14.3 Å². The number of aryl methyl sites for hydroxylation is 1. The summed E-state index contributed by atoms with van der Waals surface area (Å²) in [5.74, 6) is -0.976. The van der Waals surface area contributed by atoms with Gasteiger partial charge in [-0.15, -0.1) is 0 Å². The van der Waals surface area contributed by atoms with Crippen LogP contribution in [0.1, 0.15) is 39.8 Å². The van der Waals surface area contributed by atoms with E-state index in [-0.39, 0.29) is 0 Å². The minimum Gasteiger partial charge on any atom is -0.449 e. The summed E-state index contributed by atoms with van der Waals surface area (Å²) in [5, 5.41) is 11.5. The first kappa shape index (κ1) is 20.9. The van der Waals surface area contributed by atoms with Crippen LogP contribution in [0.5, 0.6) is 0 Å². The molecular weight excluding hydrogens is 378 g/mol. The number of benzene rings is 2. The lowest BCUT2D eigenvalue weighted by Gasteiger charge is -2.14. The molecule has 0 spiro atoms. The van der Waals surface area contributed by atoms with Gasteiger partial charge in [0, 0.05) is 23.6 Å². The van der Waals surface area contributed by atoms with Crippen LogP contribution in [0.15, 0.2) is 60.7 Å². The first-order valence-corrected chi connectivity index (χ1v) is 9.61. The van der Waals surface area contributed by atoms with Gasteiger partial charge in [-0.3, -0.25) is 4.79 Å². The number of nitrogens with zero attached hydrogens (tertiary/aromatic N) is 2. The van der Waals surface area contributed by atoms with E-state index < -0.39 is 18.0 Å². The number of carbonyl (C=O) groups is 2. The van der Waals surface area contributed by atoms with Crippen molar-refractivity contribution in [2.45, 2.75) is 33.4 Å². The monoisotopic (exact) mass is 401 g/mol. The predicted molar refractivity (Wildman–Crippen MR) is 114 cm³/mol. The quantitative estimate of drug-likeness (QED) is 0.627. The molecule has 1 N–H and O–H groups in total. The lowest BCUT2D eigenvalue weighted by Crippen LogP contribution is -2.30. The fourth-order valence-corrected chi connectivity index (χ4v) is 3.17. The van der Waals surface area contributed by atoms with E-state index in [1.54, 1.807) is 30.3 Å². The fourth-order valence-electron chi connectivity index (χ4n) is 3.17. The van der Waals surface area contributed by atoms with Gasteiger partial charge in [-0.2, -0.15) is 5.26 Å². The molecule has 1 heterocycles. The molecule has 2 aromatic carbocycles. The molecule has 0 fully saturated rings. The molecule has 3 rings (SSSR count). The summed E-state index contributed by atoms with van der Waals surface area (Å²) < 4.78 is 7.45. The Morgan fingerprint density at radius 1 is 1.10 bits per heavy atom. The highest BCUT2D eigenvalue weighted by molar-refractivity contribution is 5.97. The highest BCUT2D eigenvalue weighted by atomic mass is 16.5. The summed E-state index contributed by atoms with van der Waals surface area (Å²) >= 11 is 0. The van der Waals surface area contributed by atoms with Crippen LogP contribution < -0.4 is 5.32 Å². The lowest BCUT2D eigenvalue weighted by atomic mass is 10.2. The van der Waals surface area contributed by atoms with Gasteiger partial charge in [-0.05, 0) is 56.7 Å². The average Bonchev–Trinajstić information content (AvgIpc) is 3.03. The molecular formula is C24H23N3O3. The van der Waals surface area contributed by atoms with Crippen LogP contribution in [0.4, 0.5) is 5.69 Å². The van der Waals surface area contributed by atoms with Crippen LogP contribution >= 0.6 is 0 Å². The molecule has 0 radical (unpaired) electrons. The molecule has 0 aliphatic carbocycles. The Morgan fingerprint density at radius 2 is 1.77 bits per heavy atom. The number of ether oxygens (including phenoxy) is 1. The molecule has 0 aliphatic heterocycles. The Morgan fingerprint density at radius 3 is 2.40 bits per heavy atom. The Bertz CT molecular complexity index is 1090. The summed E-state index contributed by atoms with van der Waals surface area (Å²) in [7, 11) is 0. The van der Waals surface area contributed by atoms with Crippen molar-refractivity contribution in [1.29, 1.82) is 5.26 Å². The topological polar surface area (TPSA) is 84.1 Å². The molecule has 0 saturated heterocycles. The molecule has 6 nitrogen and oxygen atoms in total. The van der Waals surface area contributed by atoms with Gasteiger partial charge in [-0.25, -0.2) is 4.79 Å². The summed E-state index contributed by atoms with van der Waals surface area (Å²) in [6.45, 7) is 5.99. The zero-order valence-corrected chi connectivity index (χ0v) is 17.2. The molecule has 0 saturated carbocycles. The third-order valence-electron chi connectivity index (χ3n) is 4.91. The molecule has 1 atom stereocenters. The molecule has 30 heavy (non-hydrogen) atoms. The van der Waals surface area contributed by atoms with Crippen LogP contribution in [0.3, 0.4) is 0 Å². The van der Waals surface area contributed by atoms with E-state index in [9.17, 15) is 9.59 Å². The lowest BCUT2D eigenvalue weighted by molar-refractivity contribution is -0.123. The van der Waals surface area contributed by atoms with Crippen molar-refractivity contribution in [3.05, 3.63) is 88.7 Å². The third kappa shape index (κ3) is 4.76. The maximum atomic E-state index is 12.7. The number of hydrogen-bond acceptors (Lipinski definition) is 4. The number of aromatic nitrogens is 1. The van der Waals surface area contributed by atoms with Gasteiger partial charge in [0.05, 0.1) is 17.2 Å². The number of amides is 1. The van der Waals surface area contributed by atoms with Gasteiger partial charge < -0.3 is 14.6 Å². The minimum absolute atomic E-state index is 0.439. The minimum atomic E-state index is -0.967. The second kappa shape index (κ2) is 9.10. The SMILES string of the molecule is Cc1cc(C(=O)O[C@@H](C)C(=O)Nc2ccc(C#N)cc2)c(C)n1Cc1ccccc1. The summed E-state index contributed by atoms with van der Waals surface area (Å²) in [6, 6.07) is 20.3. The molecule has 3 aromatic rings. The zero-order valence-electron chi connectivity index (χ0n) is 17.2. The third-order valence-corrected chi connectivity index (χ3v) is 4.91. The van der Waals surface area contributed by atoms with E-state index in [4.69, 9.17) is 10.00 Å². The zero-order chi connectivity index (χ0) is 21.7. The Balaban J connectivity index is 1.66. The molecule has 152 valence electrons. The summed E-state index contributed by atoms with van der Waals surface area (Å²) in [4.78, 5) is 25.1. The Hall–Kier alpha value is -3.85. The predicted octanol–water partition coefficient (Wildman–Crippen LogP) is 4.21. The number of rotatable bonds is 6. The first-order chi connectivity index (χ1) is 14.4. The number of hydrogen-bond donors (Lipinski definition) is 1. The molecule has 0 unspecified atom stereocenters. The Labute approximate surface area is 175 Å². The first-order valence-electron chi connectivity index (χ1n) is 9.61. The van der Waals surface area contributed by atoms with E-state index in [2.05, 4.69) is 5.32 Å². The normalized spacial score (nSPS) is 11.4. The maximum Gasteiger partial charge on any atom is 0.340 e. The maximum absolute atomic E-state index is 12.7. The number of nitrogens with one attached hydrogen (secondary N) is 1. The van der Waals surface area contributed by atoms with Gasteiger partial charge in [-0.1, -0.05) is 30.3 Å². The number of carbonyl (C=O) groups excluding carboxylic acids is 2. The van der Waals surface area contributed by atoms with Crippen molar-refractivity contribution in [2.24, 2.45) is 0 Å². The van der Waals surface area contributed by atoms with Crippen molar-refractivity contribution in [3.63, 3.8) is 0 Å². The van der Waals surface area contributed by atoms with E-state index >= 15 is 0 Å². The highest BCUT2D eigenvalue weighted by Gasteiger charge is 2.22. The molecule has 1 aromatic heterocycles. The average molecular weight is 401 g/mol. The van der Waals surface area contributed by atoms with Crippen molar-refractivity contribution in [2.75, 3.05) is 5.32 Å². The second-order valence-electron chi connectivity index (χ2n) is 7.08. The van der Waals surface area contributed by atoms with E-state index in [0.29, 0.717) is 23.4 Å². The van der Waals surface area contributed by atoms with E-state index in [0.717, 1.165) is 17.0 Å². The van der Waals surface area contributed by atoms with Crippen LogP contribution in [0, 0.1) is 25.2 Å². The van der Waals surface area contributed by atoms with Gasteiger partial charge in [0.1, 0.15) is 0 Å². The van der Waals surface area contributed by atoms with Crippen LogP contribution in [0.25, 0.3) is 0 Å². The van der Waals surface area contributed by atoms with Crippen molar-refractivity contribution in [1.82, 2.24) is 4.57 Å². The fraction of sp³-hybridized carbons (Fsp3) is 0.208. The van der Waals surface area contributed by atoms with Crippen LogP contribution in [-0.4, -0.2) is 22.5 Å². The number of esters is 1. The largest absolute Gasteiger partial charge is 0.449 e. The number of nitriles is 1. The molecule has 6 heteroatoms. The summed E-state index contributed by atoms with van der Waals surface area (Å²) in [5.41, 5.74) is 4.34. The smallest absolute Gasteiger partial charge is 0.340 e. The molecule has 1 amide bonds. The second-order valence-corrected chi connectivity index (χ2v) is 7.08. The van der Waals surface area contributed by atoms with E-state index in [1.165, 1.54) is 6.92 Å². The standard InChI is InChI=1S/C24H23N3O3/c1-16-13-22(17(2)27(16)15-20-7-5-4-6-8-20)24(29)30-18(3)23(28)26-21-11-9-19(14-25)10-12-21/h4-13,18H,15H2,1-3H3,(H,26,28)/t18-/m0/s1. The van der Waals surface area contributed by atoms with Crippen LogP contribution in [-0.2, 0) is 16.1 Å². The molecule has 0 bridgehead atoms. The van der Waals surface area contributed by atoms with E-state index in [1.807, 2.05) is 54.8 Å². The van der Waals surface area contributed by atoms with Crippen LogP contribution in [0.2, 0.25) is 0 Å². The Kier molecular flexibility index (Phi) is 6.33. The van der Waals surface area contributed by atoms with Crippen molar-refractivity contribution >= 4 is 17.6 Å². The highest BCUT2D eigenvalue weighted by Crippen LogP contribution is 2.19. The van der Waals surface area contributed by atoms with Gasteiger partial charge >= 0.3 is 5.97 Å². The van der Waals surface area contributed by atoms with Gasteiger partial charge in [0.15, 0.2) is 6.10 Å².